The van der Waals surface area contributed by atoms with Crippen LogP contribution in [-0.4, -0.2) is 4.98 Å². The van der Waals surface area contributed by atoms with Crippen LogP contribution in [0.1, 0.15) is 29.4 Å². The van der Waals surface area contributed by atoms with Gasteiger partial charge in [-0.3, -0.25) is 4.98 Å². The summed E-state index contributed by atoms with van der Waals surface area (Å²) in [7, 11) is 0. The topological polar surface area (TPSA) is 12.9 Å². The monoisotopic (exact) mass is 149 g/mol. The van der Waals surface area contributed by atoms with Crippen LogP contribution < -0.4 is 0 Å². The SMILES string of the molecule is CCc1cc(C)c(C)c(C)n1. The molecule has 1 nitrogen and oxygen atoms in total. The zero-order valence-corrected chi connectivity index (χ0v) is 7.73. The summed E-state index contributed by atoms with van der Waals surface area (Å²) in [6.45, 7) is 8.47. The maximum atomic E-state index is 4.45. The van der Waals surface area contributed by atoms with Crippen LogP contribution in [0.25, 0.3) is 0 Å². The highest BCUT2D eigenvalue weighted by Gasteiger charge is 1.99. The van der Waals surface area contributed by atoms with Gasteiger partial charge in [-0.1, -0.05) is 6.92 Å². The van der Waals surface area contributed by atoms with E-state index in [9.17, 15) is 0 Å². The van der Waals surface area contributed by atoms with Crippen molar-refractivity contribution in [3.05, 3.63) is 28.6 Å². The molecule has 0 unspecified atom stereocenters. The van der Waals surface area contributed by atoms with Crippen molar-refractivity contribution >= 4 is 0 Å². The number of hydrogen-bond donors (Lipinski definition) is 0. The molecule has 0 aromatic carbocycles. The van der Waals surface area contributed by atoms with E-state index in [1.807, 2.05) is 0 Å². The van der Waals surface area contributed by atoms with E-state index in [1.165, 1.54) is 22.5 Å². The number of pyridine rings is 1. The van der Waals surface area contributed by atoms with Gasteiger partial charge < -0.3 is 0 Å². The Labute approximate surface area is 68.5 Å². The van der Waals surface area contributed by atoms with Crippen LogP contribution in [0, 0.1) is 20.8 Å². The first-order chi connectivity index (χ1) is 5.15. The predicted octanol–water partition coefficient (Wildman–Crippen LogP) is 2.57. The highest BCUT2D eigenvalue weighted by atomic mass is 14.7. The first kappa shape index (κ1) is 8.25. The minimum Gasteiger partial charge on any atom is -0.258 e. The minimum atomic E-state index is 1.03. The van der Waals surface area contributed by atoms with Gasteiger partial charge in [0.25, 0.3) is 0 Å². The van der Waals surface area contributed by atoms with Crippen molar-refractivity contribution in [1.82, 2.24) is 4.98 Å². The van der Waals surface area contributed by atoms with Crippen molar-refractivity contribution in [2.75, 3.05) is 0 Å². The third-order valence-electron chi connectivity index (χ3n) is 2.19. The highest BCUT2D eigenvalue weighted by Crippen LogP contribution is 2.11. The van der Waals surface area contributed by atoms with Gasteiger partial charge in [0, 0.05) is 11.4 Å². The Morgan fingerprint density at radius 2 is 1.91 bits per heavy atom. The number of aromatic nitrogens is 1. The lowest BCUT2D eigenvalue weighted by Gasteiger charge is -2.05. The van der Waals surface area contributed by atoms with Crippen molar-refractivity contribution in [1.29, 1.82) is 0 Å². The van der Waals surface area contributed by atoms with E-state index in [4.69, 9.17) is 0 Å². The largest absolute Gasteiger partial charge is 0.258 e. The maximum Gasteiger partial charge on any atom is 0.0407 e. The molecule has 0 amide bonds. The summed E-state index contributed by atoms with van der Waals surface area (Å²) >= 11 is 0. The molecule has 60 valence electrons. The van der Waals surface area contributed by atoms with Crippen LogP contribution >= 0.6 is 0 Å². The van der Waals surface area contributed by atoms with Crippen LogP contribution in [0.3, 0.4) is 0 Å². The predicted molar refractivity (Wildman–Crippen MR) is 47.8 cm³/mol. The van der Waals surface area contributed by atoms with Gasteiger partial charge in [0.15, 0.2) is 0 Å². The number of nitrogens with zero attached hydrogens (tertiary/aromatic N) is 1. The molecule has 0 aliphatic carbocycles. The molecule has 1 aromatic rings. The Balaban J connectivity index is 3.21. The minimum absolute atomic E-state index is 1.03. The molecule has 0 radical (unpaired) electrons. The fourth-order valence-corrected chi connectivity index (χ4v) is 1.16. The van der Waals surface area contributed by atoms with Gasteiger partial charge in [-0.25, -0.2) is 0 Å². The molecule has 0 aliphatic rings. The van der Waals surface area contributed by atoms with E-state index in [-0.39, 0.29) is 0 Å². The Morgan fingerprint density at radius 3 is 2.36 bits per heavy atom. The Hall–Kier alpha value is -0.850. The van der Waals surface area contributed by atoms with E-state index < -0.39 is 0 Å². The molecule has 0 spiro atoms. The van der Waals surface area contributed by atoms with E-state index in [0.29, 0.717) is 0 Å². The fourth-order valence-electron chi connectivity index (χ4n) is 1.16. The second-order valence-corrected chi connectivity index (χ2v) is 2.99. The van der Waals surface area contributed by atoms with E-state index in [1.54, 1.807) is 0 Å². The molecule has 0 bridgehead atoms. The molecule has 1 aromatic heterocycles. The van der Waals surface area contributed by atoms with Crippen LogP contribution in [0.15, 0.2) is 6.07 Å². The summed E-state index contributed by atoms with van der Waals surface area (Å²) < 4.78 is 0. The first-order valence-corrected chi connectivity index (χ1v) is 4.09. The standard InChI is InChI=1S/C10H15N/c1-5-10-6-7(2)8(3)9(4)11-10/h6H,5H2,1-4H3. The summed E-state index contributed by atoms with van der Waals surface area (Å²) in [6.07, 6.45) is 1.03. The van der Waals surface area contributed by atoms with Gasteiger partial charge >= 0.3 is 0 Å². The van der Waals surface area contributed by atoms with Crippen molar-refractivity contribution in [2.45, 2.75) is 34.1 Å². The van der Waals surface area contributed by atoms with Crippen LogP contribution in [0.4, 0.5) is 0 Å². The second kappa shape index (κ2) is 3.04. The fraction of sp³-hybridized carbons (Fsp3) is 0.500. The van der Waals surface area contributed by atoms with Gasteiger partial charge in [0.05, 0.1) is 0 Å². The van der Waals surface area contributed by atoms with Gasteiger partial charge in [-0.2, -0.15) is 0 Å². The Morgan fingerprint density at radius 1 is 1.27 bits per heavy atom. The molecule has 0 aliphatic heterocycles. The lowest BCUT2D eigenvalue weighted by molar-refractivity contribution is 0.980. The molecule has 1 heteroatoms. The number of aryl methyl sites for hydroxylation is 3. The Bertz CT molecular complexity index is 241. The molecule has 0 saturated heterocycles. The summed E-state index contributed by atoms with van der Waals surface area (Å²) in [6, 6.07) is 2.17. The lowest BCUT2D eigenvalue weighted by Crippen LogP contribution is -1.95. The highest BCUT2D eigenvalue weighted by molar-refractivity contribution is 5.29. The van der Waals surface area contributed by atoms with Crippen molar-refractivity contribution < 1.29 is 0 Å². The zero-order chi connectivity index (χ0) is 8.43. The van der Waals surface area contributed by atoms with Gasteiger partial charge in [0.2, 0.25) is 0 Å². The molecular weight excluding hydrogens is 134 g/mol. The van der Waals surface area contributed by atoms with E-state index in [0.717, 1.165) is 6.42 Å². The van der Waals surface area contributed by atoms with Gasteiger partial charge in [-0.05, 0) is 44.4 Å². The zero-order valence-electron chi connectivity index (χ0n) is 7.73. The molecule has 0 atom stereocenters. The van der Waals surface area contributed by atoms with Crippen molar-refractivity contribution in [2.24, 2.45) is 0 Å². The number of rotatable bonds is 1. The lowest BCUT2D eigenvalue weighted by atomic mass is 10.1. The number of hydrogen-bond acceptors (Lipinski definition) is 1. The summed E-state index contributed by atoms with van der Waals surface area (Å²) in [5.74, 6) is 0. The molecule has 0 N–H and O–H groups in total. The molecule has 1 heterocycles. The third kappa shape index (κ3) is 1.59. The van der Waals surface area contributed by atoms with E-state index >= 15 is 0 Å². The summed E-state index contributed by atoms with van der Waals surface area (Å²) in [5.41, 5.74) is 5.05. The molecule has 0 fully saturated rings. The van der Waals surface area contributed by atoms with Gasteiger partial charge in [-0.15, -0.1) is 0 Å². The van der Waals surface area contributed by atoms with Crippen LogP contribution in [0.5, 0.6) is 0 Å². The average Bonchev–Trinajstić information content (AvgIpc) is 1.99. The molecule has 1 rings (SSSR count). The van der Waals surface area contributed by atoms with Crippen LogP contribution in [0.2, 0.25) is 0 Å². The first-order valence-electron chi connectivity index (χ1n) is 4.09. The smallest absolute Gasteiger partial charge is 0.0407 e. The third-order valence-corrected chi connectivity index (χ3v) is 2.19. The second-order valence-electron chi connectivity index (χ2n) is 2.99. The Kier molecular flexibility index (Phi) is 2.28. The van der Waals surface area contributed by atoms with E-state index in [2.05, 4.69) is 38.7 Å². The van der Waals surface area contributed by atoms with Crippen molar-refractivity contribution in [3.8, 4) is 0 Å². The molecule has 0 saturated carbocycles. The summed E-state index contributed by atoms with van der Waals surface area (Å²) in [4.78, 5) is 4.45. The van der Waals surface area contributed by atoms with Crippen molar-refractivity contribution in [3.63, 3.8) is 0 Å². The normalized spacial score (nSPS) is 10.2. The summed E-state index contributed by atoms with van der Waals surface area (Å²) in [5, 5.41) is 0. The molecule has 11 heavy (non-hydrogen) atoms. The maximum absolute atomic E-state index is 4.45. The average molecular weight is 149 g/mol. The van der Waals surface area contributed by atoms with Gasteiger partial charge in [0.1, 0.15) is 0 Å². The quantitative estimate of drug-likeness (QED) is 0.598. The van der Waals surface area contributed by atoms with Crippen LogP contribution in [-0.2, 0) is 6.42 Å². The molecular formula is C10H15N.